The Hall–Kier alpha value is -3.43. The second kappa shape index (κ2) is 11.1. The molecule has 10 nitrogen and oxygen atoms in total. The Morgan fingerprint density at radius 1 is 1.06 bits per heavy atom. The van der Waals surface area contributed by atoms with E-state index in [9.17, 15) is 0 Å². The molecule has 2 aromatic heterocycles. The molecule has 0 saturated carbocycles. The van der Waals surface area contributed by atoms with Crippen LogP contribution in [0.4, 0.5) is 0 Å². The molecule has 0 aliphatic carbocycles. The molecule has 2 heterocycles. The summed E-state index contributed by atoms with van der Waals surface area (Å²) in [5.74, 6) is 4.26. The van der Waals surface area contributed by atoms with Gasteiger partial charge in [0.05, 0.1) is 7.11 Å². The van der Waals surface area contributed by atoms with Gasteiger partial charge < -0.3 is 24.5 Å². The van der Waals surface area contributed by atoms with Crippen molar-refractivity contribution in [2.75, 3.05) is 20.2 Å². The summed E-state index contributed by atoms with van der Waals surface area (Å²) >= 11 is 0. The van der Waals surface area contributed by atoms with Crippen molar-refractivity contribution in [2.24, 2.45) is 12.0 Å². The number of benzene rings is 1. The second-order valence-corrected chi connectivity index (χ2v) is 7.13. The highest BCUT2D eigenvalue weighted by atomic mass is 16.5. The van der Waals surface area contributed by atoms with Gasteiger partial charge in [-0.05, 0) is 31.0 Å². The van der Waals surface area contributed by atoms with E-state index in [1.807, 2.05) is 35.2 Å². The van der Waals surface area contributed by atoms with E-state index in [4.69, 9.17) is 9.73 Å². The monoisotopic (exact) mass is 425 g/mol. The van der Waals surface area contributed by atoms with Gasteiger partial charge in [-0.15, -0.1) is 20.4 Å². The predicted octanol–water partition coefficient (Wildman–Crippen LogP) is 1.26. The van der Waals surface area contributed by atoms with Crippen LogP contribution >= 0.6 is 0 Å². The van der Waals surface area contributed by atoms with Crippen LogP contribution in [0.15, 0.2) is 35.6 Å². The van der Waals surface area contributed by atoms with Crippen molar-refractivity contribution in [1.82, 2.24) is 40.2 Å². The summed E-state index contributed by atoms with van der Waals surface area (Å²) in [4.78, 5) is 4.70. The van der Waals surface area contributed by atoms with Crippen LogP contribution in [0.25, 0.3) is 0 Å². The van der Waals surface area contributed by atoms with Crippen molar-refractivity contribution in [3.63, 3.8) is 0 Å². The third-order valence-corrected chi connectivity index (χ3v) is 5.08. The molecule has 0 unspecified atom stereocenters. The lowest BCUT2D eigenvalue weighted by molar-refractivity contribution is 0.414. The highest BCUT2D eigenvalue weighted by Crippen LogP contribution is 2.11. The summed E-state index contributed by atoms with van der Waals surface area (Å²) in [6, 6.07) is 8.10. The van der Waals surface area contributed by atoms with Crippen LogP contribution < -0.4 is 15.4 Å². The van der Waals surface area contributed by atoms with Gasteiger partial charge in [0.2, 0.25) is 0 Å². The third-order valence-electron chi connectivity index (χ3n) is 5.08. The van der Waals surface area contributed by atoms with Crippen molar-refractivity contribution in [1.29, 1.82) is 0 Å². The first-order valence-corrected chi connectivity index (χ1v) is 10.5. The van der Waals surface area contributed by atoms with Gasteiger partial charge in [0, 0.05) is 33.1 Å². The van der Waals surface area contributed by atoms with Crippen LogP contribution in [-0.2, 0) is 33.0 Å². The highest BCUT2D eigenvalue weighted by molar-refractivity contribution is 5.79. The first kappa shape index (κ1) is 22.3. The van der Waals surface area contributed by atoms with Crippen molar-refractivity contribution in [3.8, 4) is 5.75 Å². The molecular weight excluding hydrogens is 394 g/mol. The summed E-state index contributed by atoms with van der Waals surface area (Å²) in [7, 11) is 3.62. The summed E-state index contributed by atoms with van der Waals surface area (Å²) in [5, 5.41) is 23.2. The maximum absolute atomic E-state index is 5.22. The Morgan fingerprint density at radius 2 is 1.84 bits per heavy atom. The van der Waals surface area contributed by atoms with Crippen LogP contribution in [0.1, 0.15) is 30.0 Å². The molecule has 0 aliphatic heterocycles. The van der Waals surface area contributed by atoms with Gasteiger partial charge in [0.25, 0.3) is 0 Å². The molecule has 31 heavy (non-hydrogen) atoms. The lowest BCUT2D eigenvalue weighted by atomic mass is 10.1. The zero-order chi connectivity index (χ0) is 22.1. The van der Waals surface area contributed by atoms with E-state index in [2.05, 4.69) is 50.1 Å². The summed E-state index contributed by atoms with van der Waals surface area (Å²) in [6.45, 7) is 6.67. The quantitative estimate of drug-likeness (QED) is 0.372. The highest BCUT2D eigenvalue weighted by Gasteiger charge is 2.06. The summed E-state index contributed by atoms with van der Waals surface area (Å²) in [5.41, 5.74) is 1.23. The number of nitrogens with zero attached hydrogens (tertiary/aromatic N) is 7. The molecule has 0 spiro atoms. The van der Waals surface area contributed by atoms with Crippen molar-refractivity contribution in [2.45, 2.75) is 39.8 Å². The van der Waals surface area contributed by atoms with Crippen LogP contribution in [-0.4, -0.2) is 55.7 Å². The Labute approximate surface area is 182 Å². The number of hydrogen-bond acceptors (Lipinski definition) is 6. The third kappa shape index (κ3) is 6.27. The molecule has 0 radical (unpaired) electrons. The number of ether oxygens (including phenoxy) is 1. The van der Waals surface area contributed by atoms with E-state index in [0.717, 1.165) is 55.1 Å². The minimum atomic E-state index is 0.446. The van der Waals surface area contributed by atoms with E-state index in [1.165, 1.54) is 5.56 Å². The molecule has 0 amide bonds. The predicted molar refractivity (Wildman–Crippen MR) is 119 cm³/mol. The van der Waals surface area contributed by atoms with Crippen LogP contribution in [0, 0.1) is 6.92 Å². The Morgan fingerprint density at radius 3 is 2.52 bits per heavy atom. The number of hydrogen-bond donors (Lipinski definition) is 2. The normalized spacial score (nSPS) is 11.5. The maximum Gasteiger partial charge on any atom is 0.191 e. The van der Waals surface area contributed by atoms with Crippen LogP contribution in [0.3, 0.4) is 0 Å². The average Bonchev–Trinajstić information content (AvgIpc) is 3.38. The van der Waals surface area contributed by atoms with E-state index < -0.39 is 0 Å². The minimum absolute atomic E-state index is 0.446. The maximum atomic E-state index is 5.22. The standard InChI is InChI=1S/C21H31N9O/c1-5-19-27-25-15-30(19)13-12-23-21(24-14-20-28-26-16(2)29(20)3)22-11-10-17-6-8-18(31-4)9-7-17/h6-9,15H,5,10-14H2,1-4H3,(H2,22,23,24). The van der Waals surface area contributed by atoms with Crippen molar-refractivity contribution >= 4 is 5.96 Å². The second-order valence-electron chi connectivity index (χ2n) is 7.13. The summed E-state index contributed by atoms with van der Waals surface area (Å²) in [6.07, 6.45) is 3.49. The molecule has 3 aromatic rings. The van der Waals surface area contributed by atoms with Gasteiger partial charge in [-0.1, -0.05) is 19.1 Å². The topological polar surface area (TPSA) is 107 Å². The molecule has 0 aliphatic rings. The fraction of sp³-hybridized carbons (Fsp3) is 0.476. The molecule has 2 N–H and O–H groups in total. The first-order chi connectivity index (χ1) is 15.1. The van der Waals surface area contributed by atoms with Gasteiger partial charge in [-0.3, -0.25) is 0 Å². The average molecular weight is 426 g/mol. The molecule has 0 saturated heterocycles. The first-order valence-electron chi connectivity index (χ1n) is 10.5. The zero-order valence-corrected chi connectivity index (χ0v) is 18.7. The lowest BCUT2D eigenvalue weighted by Gasteiger charge is -2.13. The van der Waals surface area contributed by atoms with Gasteiger partial charge in [0.15, 0.2) is 11.8 Å². The molecular formula is C21H31N9O. The molecule has 1 aromatic carbocycles. The fourth-order valence-electron chi connectivity index (χ4n) is 3.06. The minimum Gasteiger partial charge on any atom is -0.497 e. The number of guanidine groups is 1. The Kier molecular flexibility index (Phi) is 7.97. The molecule has 0 bridgehead atoms. The van der Waals surface area contributed by atoms with Crippen molar-refractivity contribution < 1.29 is 4.74 Å². The van der Waals surface area contributed by atoms with E-state index in [1.54, 1.807) is 13.4 Å². The van der Waals surface area contributed by atoms with Gasteiger partial charge >= 0.3 is 0 Å². The number of methoxy groups -OCH3 is 1. The smallest absolute Gasteiger partial charge is 0.191 e. The molecule has 3 rings (SSSR count). The molecule has 0 fully saturated rings. The largest absolute Gasteiger partial charge is 0.497 e. The Balaban J connectivity index is 1.58. The number of aryl methyl sites for hydroxylation is 2. The summed E-state index contributed by atoms with van der Waals surface area (Å²) < 4.78 is 9.22. The van der Waals surface area contributed by atoms with Crippen LogP contribution in [0.2, 0.25) is 0 Å². The van der Waals surface area contributed by atoms with Gasteiger partial charge in [-0.2, -0.15) is 0 Å². The van der Waals surface area contributed by atoms with E-state index in [-0.39, 0.29) is 0 Å². The number of rotatable bonds is 10. The SMILES string of the molecule is CCc1nncn1CCNC(=NCc1nnc(C)n1C)NCCc1ccc(OC)cc1. The van der Waals surface area contributed by atoms with Crippen LogP contribution in [0.5, 0.6) is 5.75 Å². The van der Waals surface area contributed by atoms with E-state index in [0.29, 0.717) is 13.1 Å². The fourth-order valence-corrected chi connectivity index (χ4v) is 3.06. The molecule has 166 valence electrons. The van der Waals surface area contributed by atoms with Crippen molar-refractivity contribution in [3.05, 3.63) is 53.6 Å². The Bertz CT molecular complexity index is 975. The zero-order valence-electron chi connectivity index (χ0n) is 18.7. The number of nitrogens with one attached hydrogen (secondary N) is 2. The van der Waals surface area contributed by atoms with Gasteiger partial charge in [0.1, 0.15) is 30.3 Å². The molecule has 10 heteroatoms. The number of aliphatic imine (C=N–C) groups is 1. The molecule has 0 atom stereocenters. The number of aromatic nitrogens is 6. The lowest BCUT2D eigenvalue weighted by Crippen LogP contribution is -2.40. The van der Waals surface area contributed by atoms with Gasteiger partial charge in [-0.25, -0.2) is 4.99 Å². The van der Waals surface area contributed by atoms with E-state index >= 15 is 0 Å².